The molecule has 6 nitrogen and oxygen atoms in total. The second-order valence-corrected chi connectivity index (χ2v) is 5.76. The lowest BCUT2D eigenvalue weighted by molar-refractivity contribution is -0.119. The molecule has 1 aliphatic rings. The van der Waals surface area contributed by atoms with E-state index in [0.29, 0.717) is 11.4 Å². The summed E-state index contributed by atoms with van der Waals surface area (Å²) in [6.45, 7) is 1.88. The number of primary amides is 1. The van der Waals surface area contributed by atoms with Crippen molar-refractivity contribution in [3.05, 3.63) is 59.9 Å². The number of carbonyl (C=O) groups excluding carboxylic acids is 2. The van der Waals surface area contributed by atoms with Crippen LogP contribution < -0.4 is 16.1 Å². The summed E-state index contributed by atoms with van der Waals surface area (Å²) >= 11 is 0. The van der Waals surface area contributed by atoms with Crippen molar-refractivity contribution in [3.8, 4) is 0 Å². The fourth-order valence-corrected chi connectivity index (χ4v) is 2.61. The molecule has 7 heteroatoms. The average molecular weight is 340 g/mol. The number of anilines is 2. The number of hydrazone groups is 1. The summed E-state index contributed by atoms with van der Waals surface area (Å²) < 4.78 is 13.1. The molecule has 128 valence electrons. The number of benzene rings is 2. The van der Waals surface area contributed by atoms with Gasteiger partial charge in [0, 0.05) is 12.1 Å². The fourth-order valence-electron chi connectivity index (χ4n) is 2.61. The Labute approximate surface area is 144 Å². The van der Waals surface area contributed by atoms with Gasteiger partial charge >= 0.3 is 0 Å². The van der Waals surface area contributed by atoms with Gasteiger partial charge in [-0.2, -0.15) is 5.10 Å². The van der Waals surface area contributed by atoms with Gasteiger partial charge in [-0.1, -0.05) is 18.2 Å². The summed E-state index contributed by atoms with van der Waals surface area (Å²) in [7, 11) is 0. The molecule has 3 N–H and O–H groups in total. The molecule has 3 rings (SSSR count). The highest BCUT2D eigenvalue weighted by Gasteiger charge is 2.35. The quantitative estimate of drug-likeness (QED) is 0.894. The Morgan fingerprint density at radius 1 is 1.20 bits per heavy atom. The smallest absolute Gasteiger partial charge is 0.271 e. The van der Waals surface area contributed by atoms with E-state index in [4.69, 9.17) is 5.73 Å². The van der Waals surface area contributed by atoms with Crippen molar-refractivity contribution in [3.63, 3.8) is 0 Å². The number of hydrogen-bond acceptors (Lipinski definition) is 4. The van der Waals surface area contributed by atoms with Gasteiger partial charge < -0.3 is 11.1 Å². The van der Waals surface area contributed by atoms with Gasteiger partial charge in [0.05, 0.1) is 5.69 Å². The molecule has 25 heavy (non-hydrogen) atoms. The average Bonchev–Trinajstić information content (AvgIpc) is 3.03. The summed E-state index contributed by atoms with van der Waals surface area (Å²) in [5, 5.41) is 8.37. The molecule has 1 unspecified atom stereocenters. The number of nitrogens with one attached hydrogen (secondary N) is 1. The molecule has 0 fully saturated rings. The summed E-state index contributed by atoms with van der Waals surface area (Å²) in [5.74, 6) is -1.41. The fraction of sp³-hybridized carbons (Fsp3) is 0.167. The van der Waals surface area contributed by atoms with Gasteiger partial charge in [-0.15, -0.1) is 0 Å². The number of nitrogens with zero attached hydrogens (tertiary/aromatic N) is 2. The predicted molar refractivity (Wildman–Crippen MR) is 93.7 cm³/mol. The molecule has 2 aromatic rings. The first-order valence-corrected chi connectivity index (χ1v) is 7.74. The van der Waals surface area contributed by atoms with E-state index in [1.54, 1.807) is 6.07 Å². The number of aryl methyl sites for hydroxylation is 1. The maximum absolute atomic E-state index is 13.1. The number of carbonyl (C=O) groups is 2. The van der Waals surface area contributed by atoms with Crippen LogP contribution in [0.25, 0.3) is 0 Å². The molecule has 0 bridgehead atoms. The van der Waals surface area contributed by atoms with Gasteiger partial charge in [-0.25, -0.2) is 4.39 Å². The van der Waals surface area contributed by atoms with Crippen molar-refractivity contribution >= 4 is 28.9 Å². The van der Waals surface area contributed by atoms with Crippen LogP contribution in [0.1, 0.15) is 12.0 Å². The molecule has 1 heterocycles. The highest BCUT2D eigenvalue weighted by atomic mass is 19.1. The molecule has 1 atom stereocenters. The number of amides is 2. The first kappa shape index (κ1) is 16.6. The number of para-hydroxylation sites is 1. The minimum absolute atomic E-state index is 0.0877. The third kappa shape index (κ3) is 3.50. The molecular formula is C18H17FN4O2. The van der Waals surface area contributed by atoms with E-state index in [0.717, 1.165) is 5.56 Å². The molecule has 0 saturated heterocycles. The van der Waals surface area contributed by atoms with Crippen molar-refractivity contribution in [2.24, 2.45) is 10.8 Å². The standard InChI is InChI=1S/C18H17FN4O2/c1-11-4-2-3-5-14(11)21-18(25)15-10-16(17(20)24)23(22-15)13-8-6-12(19)7-9-13/h2-9,16H,10H2,1H3,(H2,20,24)(H,21,25). The highest BCUT2D eigenvalue weighted by molar-refractivity contribution is 6.44. The van der Waals surface area contributed by atoms with Crippen molar-refractivity contribution in [2.75, 3.05) is 10.3 Å². The predicted octanol–water partition coefficient (Wildman–Crippen LogP) is 2.19. The molecule has 0 spiro atoms. The van der Waals surface area contributed by atoms with E-state index in [1.807, 2.05) is 25.1 Å². The largest absolute Gasteiger partial charge is 0.368 e. The van der Waals surface area contributed by atoms with E-state index >= 15 is 0 Å². The van der Waals surface area contributed by atoms with Crippen molar-refractivity contribution in [1.29, 1.82) is 0 Å². The third-order valence-electron chi connectivity index (χ3n) is 3.99. The lowest BCUT2D eigenvalue weighted by atomic mass is 10.1. The zero-order valence-corrected chi connectivity index (χ0v) is 13.6. The summed E-state index contributed by atoms with van der Waals surface area (Å²) in [4.78, 5) is 24.2. The van der Waals surface area contributed by atoms with Crippen molar-refractivity contribution in [2.45, 2.75) is 19.4 Å². The Hall–Kier alpha value is -3.22. The van der Waals surface area contributed by atoms with Crippen LogP contribution >= 0.6 is 0 Å². The zero-order chi connectivity index (χ0) is 18.0. The van der Waals surface area contributed by atoms with Crippen LogP contribution in [0, 0.1) is 12.7 Å². The van der Waals surface area contributed by atoms with Gasteiger partial charge in [0.1, 0.15) is 17.6 Å². The summed E-state index contributed by atoms with van der Waals surface area (Å²) in [6, 6.07) is 12.0. The molecule has 0 aromatic heterocycles. The van der Waals surface area contributed by atoms with E-state index in [9.17, 15) is 14.0 Å². The first-order valence-electron chi connectivity index (χ1n) is 7.74. The van der Waals surface area contributed by atoms with Crippen LogP contribution in [0.2, 0.25) is 0 Å². The summed E-state index contributed by atoms with van der Waals surface area (Å²) in [5.41, 5.74) is 7.70. The second-order valence-electron chi connectivity index (χ2n) is 5.76. The first-order chi connectivity index (χ1) is 12.0. The molecule has 1 aliphatic heterocycles. The van der Waals surface area contributed by atoms with E-state index in [-0.39, 0.29) is 12.1 Å². The van der Waals surface area contributed by atoms with Crippen LogP contribution in [0.5, 0.6) is 0 Å². The van der Waals surface area contributed by atoms with E-state index in [2.05, 4.69) is 10.4 Å². The van der Waals surface area contributed by atoms with Crippen LogP contribution in [0.4, 0.5) is 15.8 Å². The molecule has 2 aromatic carbocycles. The Kier molecular flexibility index (Phi) is 4.47. The number of rotatable bonds is 4. The number of nitrogens with two attached hydrogens (primary N) is 1. The maximum Gasteiger partial charge on any atom is 0.271 e. The number of hydrogen-bond donors (Lipinski definition) is 2. The van der Waals surface area contributed by atoms with E-state index in [1.165, 1.54) is 29.3 Å². The SMILES string of the molecule is Cc1ccccc1NC(=O)C1=NN(c2ccc(F)cc2)C(C(N)=O)C1. The monoisotopic (exact) mass is 340 g/mol. The Morgan fingerprint density at radius 3 is 2.52 bits per heavy atom. The second kappa shape index (κ2) is 6.72. The van der Waals surface area contributed by atoms with Gasteiger partial charge in [0.25, 0.3) is 5.91 Å². The maximum atomic E-state index is 13.1. The van der Waals surface area contributed by atoms with Gasteiger partial charge in [0.15, 0.2) is 0 Å². The normalized spacial score (nSPS) is 16.5. The van der Waals surface area contributed by atoms with Crippen LogP contribution in [-0.2, 0) is 9.59 Å². The van der Waals surface area contributed by atoms with Crippen molar-refractivity contribution in [1.82, 2.24) is 0 Å². The highest BCUT2D eigenvalue weighted by Crippen LogP contribution is 2.25. The Balaban J connectivity index is 1.85. The Morgan fingerprint density at radius 2 is 1.88 bits per heavy atom. The van der Waals surface area contributed by atoms with Crippen LogP contribution in [-0.4, -0.2) is 23.6 Å². The lowest BCUT2D eigenvalue weighted by Crippen LogP contribution is -2.39. The Bertz CT molecular complexity index is 848. The molecule has 0 radical (unpaired) electrons. The van der Waals surface area contributed by atoms with Crippen molar-refractivity contribution < 1.29 is 14.0 Å². The lowest BCUT2D eigenvalue weighted by Gasteiger charge is -2.20. The third-order valence-corrected chi connectivity index (χ3v) is 3.99. The molecule has 0 saturated carbocycles. The zero-order valence-electron chi connectivity index (χ0n) is 13.6. The minimum Gasteiger partial charge on any atom is -0.368 e. The van der Waals surface area contributed by atoms with Crippen LogP contribution in [0.3, 0.4) is 0 Å². The van der Waals surface area contributed by atoms with Crippen LogP contribution in [0.15, 0.2) is 53.6 Å². The number of halogens is 1. The van der Waals surface area contributed by atoms with Gasteiger partial charge in [-0.3, -0.25) is 14.6 Å². The summed E-state index contributed by atoms with van der Waals surface area (Å²) in [6.07, 6.45) is 0.0877. The molecular weight excluding hydrogens is 323 g/mol. The minimum atomic E-state index is -0.789. The van der Waals surface area contributed by atoms with E-state index < -0.39 is 23.7 Å². The van der Waals surface area contributed by atoms with Gasteiger partial charge in [-0.05, 0) is 42.8 Å². The van der Waals surface area contributed by atoms with Gasteiger partial charge in [0.2, 0.25) is 5.91 Å². The topological polar surface area (TPSA) is 87.8 Å². The molecule has 2 amide bonds. The molecule has 0 aliphatic carbocycles.